The number of amides is 1. The van der Waals surface area contributed by atoms with E-state index in [0.717, 1.165) is 17.5 Å². The van der Waals surface area contributed by atoms with Crippen LogP contribution in [0.1, 0.15) is 29.2 Å². The number of ether oxygens (including phenoxy) is 2. The summed E-state index contributed by atoms with van der Waals surface area (Å²) in [5.41, 5.74) is 9.48. The smallest absolute Gasteiger partial charge is 0.252 e. The van der Waals surface area contributed by atoms with Crippen LogP contribution in [-0.4, -0.2) is 49.8 Å². The van der Waals surface area contributed by atoms with Crippen molar-refractivity contribution in [2.24, 2.45) is 11.7 Å². The Balaban J connectivity index is 1.61. The first-order valence-corrected chi connectivity index (χ1v) is 10.1. The molecule has 2 aromatic rings. The minimum absolute atomic E-state index is 0.0554. The lowest BCUT2D eigenvalue weighted by Gasteiger charge is -2.41. The van der Waals surface area contributed by atoms with Crippen LogP contribution in [0.5, 0.6) is 0 Å². The highest BCUT2D eigenvalue weighted by atomic mass is 19.1. The molecule has 1 saturated heterocycles. The number of hydrogen-bond donors (Lipinski definition) is 1. The van der Waals surface area contributed by atoms with Gasteiger partial charge in [-0.3, -0.25) is 4.79 Å². The van der Waals surface area contributed by atoms with Gasteiger partial charge in [0, 0.05) is 25.6 Å². The second-order valence-electron chi connectivity index (χ2n) is 7.87. The Morgan fingerprint density at radius 1 is 1.24 bits per heavy atom. The molecule has 0 saturated carbocycles. The third-order valence-electron chi connectivity index (χ3n) is 6.01. The quantitative estimate of drug-likeness (QED) is 0.860. The topological polar surface area (TPSA) is 64.8 Å². The van der Waals surface area contributed by atoms with E-state index in [1.54, 1.807) is 19.2 Å². The number of halogens is 1. The van der Waals surface area contributed by atoms with E-state index < -0.39 is 6.10 Å². The van der Waals surface area contributed by atoms with Crippen LogP contribution in [0.3, 0.4) is 0 Å². The van der Waals surface area contributed by atoms with Crippen molar-refractivity contribution in [1.82, 2.24) is 4.90 Å². The summed E-state index contributed by atoms with van der Waals surface area (Å²) in [7, 11) is 1.64. The number of nitrogens with zero attached hydrogens (tertiary/aromatic N) is 1. The van der Waals surface area contributed by atoms with E-state index in [0.29, 0.717) is 26.2 Å². The first kappa shape index (κ1) is 20.0. The van der Waals surface area contributed by atoms with Crippen LogP contribution < -0.4 is 5.73 Å². The Morgan fingerprint density at radius 2 is 2.00 bits per heavy atom. The molecule has 2 N–H and O–H groups in total. The van der Waals surface area contributed by atoms with Crippen LogP contribution in [0.25, 0.3) is 0 Å². The van der Waals surface area contributed by atoms with Crippen molar-refractivity contribution in [1.29, 1.82) is 0 Å². The zero-order valence-corrected chi connectivity index (χ0v) is 16.6. The Kier molecular flexibility index (Phi) is 5.94. The molecule has 0 aromatic heterocycles. The molecular formula is C23H27FN2O3. The van der Waals surface area contributed by atoms with Gasteiger partial charge in [-0.1, -0.05) is 36.4 Å². The maximum absolute atomic E-state index is 13.5. The average molecular weight is 398 g/mol. The first-order valence-electron chi connectivity index (χ1n) is 10.1. The van der Waals surface area contributed by atoms with Crippen LogP contribution in [0.15, 0.2) is 48.5 Å². The summed E-state index contributed by atoms with van der Waals surface area (Å²) in [5.74, 6) is -0.249. The fourth-order valence-electron chi connectivity index (χ4n) is 4.42. The summed E-state index contributed by atoms with van der Waals surface area (Å²) in [6, 6.07) is 14.1. The van der Waals surface area contributed by atoms with Gasteiger partial charge in [-0.15, -0.1) is 0 Å². The molecule has 0 bridgehead atoms. The molecule has 2 aromatic carbocycles. The molecule has 2 aliphatic rings. The highest BCUT2D eigenvalue weighted by Crippen LogP contribution is 2.36. The molecule has 2 aliphatic heterocycles. The molecule has 29 heavy (non-hydrogen) atoms. The van der Waals surface area contributed by atoms with Crippen LogP contribution in [0, 0.1) is 11.7 Å². The molecule has 0 spiro atoms. The lowest BCUT2D eigenvalue weighted by Crippen LogP contribution is -2.52. The molecule has 4 atom stereocenters. The zero-order chi connectivity index (χ0) is 20.4. The van der Waals surface area contributed by atoms with Gasteiger partial charge in [0.1, 0.15) is 11.9 Å². The second-order valence-corrected chi connectivity index (χ2v) is 7.87. The van der Waals surface area contributed by atoms with Crippen LogP contribution in [0.4, 0.5) is 4.39 Å². The van der Waals surface area contributed by atoms with E-state index >= 15 is 0 Å². The Bertz CT molecular complexity index is 857. The number of nitrogens with two attached hydrogens (primary N) is 1. The maximum Gasteiger partial charge on any atom is 0.252 e. The van der Waals surface area contributed by atoms with E-state index in [2.05, 4.69) is 6.07 Å². The number of carbonyl (C=O) groups excluding carboxylic acids is 1. The van der Waals surface area contributed by atoms with E-state index in [-0.39, 0.29) is 29.7 Å². The monoisotopic (exact) mass is 398 g/mol. The number of methoxy groups -OCH3 is 1. The van der Waals surface area contributed by atoms with Crippen molar-refractivity contribution >= 4 is 5.91 Å². The molecule has 1 fully saturated rings. The maximum atomic E-state index is 13.5. The summed E-state index contributed by atoms with van der Waals surface area (Å²) in [6.07, 6.45) is 0.692. The van der Waals surface area contributed by atoms with Gasteiger partial charge in [0.2, 0.25) is 0 Å². The first-order chi connectivity index (χ1) is 14.1. The summed E-state index contributed by atoms with van der Waals surface area (Å²) in [5, 5.41) is 0. The summed E-state index contributed by atoms with van der Waals surface area (Å²) in [6.45, 7) is 1.53. The highest BCUT2D eigenvalue weighted by molar-refractivity contribution is 5.82. The SMILES string of the molecule is COC[C@H]1CO[C@@H](C(=O)N2CCc3ccccc3[C@@H]2c2ccc(F)cc2)C[C@@H]1N. The average Bonchev–Trinajstić information content (AvgIpc) is 2.74. The van der Waals surface area contributed by atoms with E-state index in [4.69, 9.17) is 15.2 Å². The van der Waals surface area contributed by atoms with Gasteiger partial charge in [-0.05, 0) is 41.7 Å². The van der Waals surface area contributed by atoms with Crippen molar-refractivity contribution in [2.75, 3.05) is 26.9 Å². The predicted molar refractivity (Wildman–Crippen MR) is 108 cm³/mol. The standard InChI is InChI=1S/C23H27FN2O3/c1-28-13-17-14-29-21(12-20(17)25)23(27)26-11-10-15-4-2-3-5-19(15)22(26)16-6-8-18(24)9-7-16/h2-9,17,20-22H,10-14,25H2,1H3/t17-,20-,21+,22-/m0/s1. The number of rotatable bonds is 4. The zero-order valence-electron chi connectivity index (χ0n) is 16.6. The third-order valence-corrected chi connectivity index (χ3v) is 6.01. The minimum Gasteiger partial charge on any atom is -0.384 e. The van der Waals surface area contributed by atoms with E-state index in [1.165, 1.54) is 17.7 Å². The lowest BCUT2D eigenvalue weighted by atomic mass is 9.87. The van der Waals surface area contributed by atoms with Crippen LogP contribution in [-0.2, 0) is 20.7 Å². The van der Waals surface area contributed by atoms with E-state index in [9.17, 15) is 9.18 Å². The van der Waals surface area contributed by atoms with Gasteiger partial charge >= 0.3 is 0 Å². The Hall–Kier alpha value is -2.28. The van der Waals surface area contributed by atoms with Crippen molar-refractivity contribution < 1.29 is 18.7 Å². The predicted octanol–water partition coefficient (Wildman–Crippen LogP) is 2.68. The minimum atomic E-state index is -0.564. The van der Waals surface area contributed by atoms with Gasteiger partial charge in [-0.2, -0.15) is 0 Å². The lowest BCUT2D eigenvalue weighted by molar-refractivity contribution is -0.152. The molecule has 154 valence electrons. The number of benzene rings is 2. The van der Waals surface area contributed by atoms with Gasteiger partial charge in [0.25, 0.3) is 5.91 Å². The van der Waals surface area contributed by atoms with Crippen molar-refractivity contribution in [3.63, 3.8) is 0 Å². The molecule has 6 heteroatoms. The van der Waals surface area contributed by atoms with E-state index in [1.807, 2.05) is 23.1 Å². The normalized spacial score (nSPS) is 26.8. The van der Waals surface area contributed by atoms with Gasteiger partial charge in [0.15, 0.2) is 0 Å². The van der Waals surface area contributed by atoms with Gasteiger partial charge in [-0.25, -0.2) is 4.39 Å². The van der Waals surface area contributed by atoms with Crippen molar-refractivity contribution in [3.8, 4) is 0 Å². The molecular weight excluding hydrogens is 371 g/mol. The molecule has 5 nitrogen and oxygen atoms in total. The summed E-state index contributed by atoms with van der Waals surface area (Å²) in [4.78, 5) is 15.3. The molecule has 2 heterocycles. The molecule has 1 amide bonds. The molecule has 4 rings (SSSR count). The number of fused-ring (bicyclic) bond motifs is 1. The molecule has 0 unspecified atom stereocenters. The molecule has 0 radical (unpaired) electrons. The van der Waals surface area contributed by atoms with Gasteiger partial charge < -0.3 is 20.1 Å². The van der Waals surface area contributed by atoms with Crippen LogP contribution in [0.2, 0.25) is 0 Å². The Morgan fingerprint density at radius 3 is 2.72 bits per heavy atom. The summed E-state index contributed by atoms with van der Waals surface area (Å²) < 4.78 is 24.6. The van der Waals surface area contributed by atoms with Crippen molar-refractivity contribution in [2.45, 2.75) is 31.0 Å². The number of hydrogen-bond acceptors (Lipinski definition) is 4. The summed E-state index contributed by atoms with van der Waals surface area (Å²) >= 11 is 0. The third kappa shape index (κ3) is 4.06. The molecule has 0 aliphatic carbocycles. The fraction of sp³-hybridized carbons (Fsp3) is 0.435. The number of carbonyl (C=O) groups is 1. The van der Waals surface area contributed by atoms with Crippen molar-refractivity contribution in [3.05, 3.63) is 71.0 Å². The second kappa shape index (κ2) is 8.61. The fourth-order valence-corrected chi connectivity index (χ4v) is 4.42. The Labute approximate surface area is 170 Å². The van der Waals surface area contributed by atoms with Gasteiger partial charge in [0.05, 0.1) is 19.3 Å². The highest BCUT2D eigenvalue weighted by Gasteiger charge is 2.39. The van der Waals surface area contributed by atoms with Crippen LogP contribution >= 0.6 is 0 Å². The largest absolute Gasteiger partial charge is 0.384 e.